The standard InChI is InChI=1S/C16H24N2O3.C3H8.C2H6.CH4O/c1-4-20-16(19)12-21-15-11-13(2)5-6-14(15)18-9-7-17(3)8-10-18;1-3-2;2*1-2/h5-6,11H,4,7-10,12H2,1-3H3;3H2,1-2H3;1-2H3;2H,1H3. The highest BCUT2D eigenvalue weighted by molar-refractivity contribution is 5.71. The van der Waals surface area contributed by atoms with Crippen LogP contribution in [0, 0.1) is 6.92 Å². The molecule has 1 aliphatic rings. The number of carbonyl (C=O) groups is 1. The van der Waals surface area contributed by atoms with Crippen molar-refractivity contribution in [2.75, 3.05) is 58.5 Å². The van der Waals surface area contributed by atoms with Gasteiger partial charge in [-0.3, -0.25) is 0 Å². The summed E-state index contributed by atoms with van der Waals surface area (Å²) in [5.41, 5.74) is 2.17. The van der Waals surface area contributed by atoms with Crippen molar-refractivity contribution in [2.45, 2.75) is 48.0 Å². The van der Waals surface area contributed by atoms with Gasteiger partial charge in [-0.15, -0.1) is 0 Å². The molecule has 0 radical (unpaired) electrons. The molecule has 1 N–H and O–H groups in total. The number of aliphatic hydroxyl groups excluding tert-OH is 1. The maximum absolute atomic E-state index is 11.5. The molecular formula is C22H42N2O4. The Bertz CT molecular complexity index is 501. The number of ether oxygens (including phenoxy) is 2. The molecule has 0 saturated carbocycles. The lowest BCUT2D eigenvalue weighted by molar-refractivity contribution is -0.145. The molecule has 164 valence electrons. The fraction of sp³-hybridized carbons (Fsp3) is 0.682. The zero-order valence-corrected chi connectivity index (χ0v) is 19.2. The number of rotatable bonds is 5. The number of anilines is 1. The van der Waals surface area contributed by atoms with Crippen LogP contribution >= 0.6 is 0 Å². The Morgan fingerprint density at radius 1 is 1.07 bits per heavy atom. The van der Waals surface area contributed by atoms with E-state index in [1.165, 1.54) is 6.42 Å². The van der Waals surface area contributed by atoms with Gasteiger partial charge in [0.05, 0.1) is 12.3 Å². The van der Waals surface area contributed by atoms with Crippen LogP contribution in [-0.4, -0.2) is 69.5 Å². The van der Waals surface area contributed by atoms with Gasteiger partial charge in [-0.05, 0) is 38.6 Å². The van der Waals surface area contributed by atoms with Crippen molar-refractivity contribution in [3.63, 3.8) is 0 Å². The second-order valence-electron chi connectivity index (χ2n) is 6.06. The number of nitrogens with zero attached hydrogens (tertiary/aromatic N) is 2. The average molecular weight is 399 g/mol. The molecule has 2 rings (SSSR count). The topological polar surface area (TPSA) is 62.2 Å². The molecule has 6 heteroatoms. The minimum absolute atomic E-state index is 0.0436. The summed E-state index contributed by atoms with van der Waals surface area (Å²) in [6.07, 6.45) is 1.25. The van der Waals surface area contributed by atoms with E-state index in [0.717, 1.165) is 50.3 Å². The van der Waals surface area contributed by atoms with E-state index in [2.05, 4.69) is 42.8 Å². The third-order valence-electron chi connectivity index (χ3n) is 3.61. The van der Waals surface area contributed by atoms with Gasteiger partial charge in [0.1, 0.15) is 5.75 Å². The largest absolute Gasteiger partial charge is 0.480 e. The van der Waals surface area contributed by atoms with E-state index in [1.807, 2.05) is 26.8 Å². The Labute approximate surface area is 172 Å². The monoisotopic (exact) mass is 398 g/mol. The van der Waals surface area contributed by atoms with Crippen molar-refractivity contribution in [1.82, 2.24) is 4.90 Å². The third kappa shape index (κ3) is 11.8. The Balaban J connectivity index is 0. The van der Waals surface area contributed by atoms with Crippen molar-refractivity contribution in [3.8, 4) is 5.75 Å². The summed E-state index contributed by atoms with van der Waals surface area (Å²) in [6.45, 7) is 16.4. The second kappa shape index (κ2) is 18.6. The first-order valence-electron chi connectivity index (χ1n) is 10.3. The zero-order valence-electron chi connectivity index (χ0n) is 19.2. The van der Waals surface area contributed by atoms with Crippen LogP contribution in [0.4, 0.5) is 5.69 Å². The van der Waals surface area contributed by atoms with Gasteiger partial charge in [0.15, 0.2) is 6.61 Å². The van der Waals surface area contributed by atoms with Crippen LogP contribution < -0.4 is 9.64 Å². The summed E-state index contributed by atoms with van der Waals surface area (Å²) < 4.78 is 10.6. The lowest BCUT2D eigenvalue weighted by Gasteiger charge is -2.34. The van der Waals surface area contributed by atoms with Gasteiger partial charge in [-0.1, -0.05) is 40.2 Å². The first-order valence-corrected chi connectivity index (χ1v) is 10.3. The maximum Gasteiger partial charge on any atom is 0.344 e. The van der Waals surface area contributed by atoms with E-state index in [1.54, 1.807) is 6.92 Å². The van der Waals surface area contributed by atoms with Crippen LogP contribution in [0.1, 0.15) is 46.6 Å². The van der Waals surface area contributed by atoms with E-state index in [4.69, 9.17) is 14.6 Å². The highest BCUT2D eigenvalue weighted by atomic mass is 16.6. The normalized spacial score (nSPS) is 13.0. The average Bonchev–Trinajstić information content (AvgIpc) is 2.71. The van der Waals surface area contributed by atoms with Crippen LogP contribution in [-0.2, 0) is 9.53 Å². The quantitative estimate of drug-likeness (QED) is 0.763. The van der Waals surface area contributed by atoms with Crippen LogP contribution in [0.2, 0.25) is 0 Å². The molecule has 0 amide bonds. The number of aliphatic hydroxyl groups is 1. The third-order valence-corrected chi connectivity index (χ3v) is 3.61. The van der Waals surface area contributed by atoms with Gasteiger partial charge in [0.25, 0.3) is 0 Å². The van der Waals surface area contributed by atoms with E-state index >= 15 is 0 Å². The number of carbonyl (C=O) groups excluding carboxylic acids is 1. The van der Waals surface area contributed by atoms with Crippen molar-refractivity contribution in [2.24, 2.45) is 0 Å². The summed E-state index contributed by atoms with van der Waals surface area (Å²) >= 11 is 0. The molecule has 1 saturated heterocycles. The Hall–Kier alpha value is -1.79. The Morgan fingerprint density at radius 2 is 1.61 bits per heavy atom. The predicted molar refractivity (Wildman–Crippen MR) is 118 cm³/mol. The molecule has 1 aliphatic heterocycles. The summed E-state index contributed by atoms with van der Waals surface area (Å²) in [4.78, 5) is 16.1. The van der Waals surface area contributed by atoms with Crippen LogP contribution in [0.3, 0.4) is 0 Å². The minimum Gasteiger partial charge on any atom is -0.480 e. The minimum atomic E-state index is -0.330. The van der Waals surface area contributed by atoms with E-state index in [0.29, 0.717) is 6.61 Å². The first kappa shape index (κ1) is 28.4. The predicted octanol–water partition coefficient (Wildman–Crippen LogP) is 3.74. The highest BCUT2D eigenvalue weighted by Crippen LogP contribution is 2.30. The number of likely N-dealkylation sites (N-methyl/N-ethyl adjacent to an activating group) is 1. The molecule has 0 aliphatic carbocycles. The molecule has 0 bridgehead atoms. The van der Waals surface area contributed by atoms with Gasteiger partial charge in [-0.2, -0.15) is 0 Å². The molecule has 1 aromatic rings. The van der Waals surface area contributed by atoms with Crippen molar-refractivity contribution in [1.29, 1.82) is 0 Å². The molecule has 6 nitrogen and oxygen atoms in total. The highest BCUT2D eigenvalue weighted by Gasteiger charge is 2.18. The Morgan fingerprint density at radius 3 is 2.11 bits per heavy atom. The Kier molecular flexibility index (Phi) is 18.8. The van der Waals surface area contributed by atoms with E-state index < -0.39 is 0 Å². The van der Waals surface area contributed by atoms with Gasteiger partial charge in [-0.25, -0.2) is 4.79 Å². The van der Waals surface area contributed by atoms with Gasteiger partial charge >= 0.3 is 5.97 Å². The molecule has 1 aromatic carbocycles. The van der Waals surface area contributed by atoms with Gasteiger partial charge < -0.3 is 24.4 Å². The number of piperazine rings is 1. The van der Waals surface area contributed by atoms with Crippen molar-refractivity contribution >= 4 is 11.7 Å². The number of esters is 1. The molecule has 1 heterocycles. The number of hydrogen-bond acceptors (Lipinski definition) is 6. The van der Waals surface area contributed by atoms with E-state index in [9.17, 15) is 4.79 Å². The lowest BCUT2D eigenvalue weighted by atomic mass is 10.1. The fourth-order valence-electron chi connectivity index (χ4n) is 2.38. The summed E-state index contributed by atoms with van der Waals surface area (Å²) in [6, 6.07) is 6.12. The van der Waals surface area contributed by atoms with Gasteiger partial charge in [0, 0.05) is 33.3 Å². The molecule has 0 aromatic heterocycles. The summed E-state index contributed by atoms with van der Waals surface area (Å²) in [7, 11) is 3.13. The lowest BCUT2D eigenvalue weighted by Crippen LogP contribution is -2.44. The fourth-order valence-corrected chi connectivity index (χ4v) is 2.38. The summed E-state index contributed by atoms with van der Waals surface area (Å²) in [5.74, 6) is 0.427. The van der Waals surface area contributed by atoms with Crippen molar-refractivity contribution in [3.05, 3.63) is 23.8 Å². The molecule has 0 unspecified atom stereocenters. The maximum atomic E-state index is 11.5. The number of hydrogen-bond donors (Lipinski definition) is 1. The summed E-state index contributed by atoms with van der Waals surface area (Å²) in [5, 5.41) is 7.00. The zero-order chi connectivity index (χ0) is 21.9. The molecule has 0 atom stereocenters. The van der Waals surface area contributed by atoms with Crippen molar-refractivity contribution < 1.29 is 19.4 Å². The van der Waals surface area contributed by atoms with Crippen LogP contribution in [0.15, 0.2) is 18.2 Å². The van der Waals surface area contributed by atoms with Crippen LogP contribution in [0.5, 0.6) is 5.75 Å². The molecule has 1 fully saturated rings. The molecule has 0 spiro atoms. The van der Waals surface area contributed by atoms with E-state index in [-0.39, 0.29) is 12.6 Å². The number of benzene rings is 1. The second-order valence-corrected chi connectivity index (χ2v) is 6.06. The molecule has 28 heavy (non-hydrogen) atoms. The number of aryl methyl sites for hydroxylation is 1. The molecular weight excluding hydrogens is 356 g/mol. The van der Waals surface area contributed by atoms with Crippen LogP contribution in [0.25, 0.3) is 0 Å². The first-order chi connectivity index (χ1) is 13.5. The smallest absolute Gasteiger partial charge is 0.344 e. The SMILES string of the molecule is CC.CCC.CCOC(=O)COc1cc(C)ccc1N1CCN(C)CC1.CO. The van der Waals surface area contributed by atoms with Gasteiger partial charge in [0.2, 0.25) is 0 Å².